The summed E-state index contributed by atoms with van der Waals surface area (Å²) in [5.74, 6) is -0.681. The maximum atomic E-state index is 12.5. The van der Waals surface area contributed by atoms with Gasteiger partial charge in [-0.15, -0.1) is 0 Å². The minimum Gasteiger partial charge on any atom is -0.492 e. The van der Waals surface area contributed by atoms with Crippen LogP contribution in [0.1, 0.15) is 26.5 Å². The number of carbonyl (C=O) groups excluding carboxylic acids is 1. The average molecular weight is 371 g/mol. The fourth-order valence-corrected chi connectivity index (χ4v) is 2.58. The monoisotopic (exact) mass is 371 g/mol. The number of carbonyl (C=O) groups is 2. The Hall–Kier alpha value is -3.62. The molecule has 0 aliphatic heterocycles. The van der Waals surface area contributed by atoms with Gasteiger partial charge in [-0.1, -0.05) is 0 Å². The highest BCUT2D eigenvalue weighted by molar-refractivity contribution is 6.06. The Morgan fingerprint density at radius 2 is 2.00 bits per heavy atom. The highest BCUT2D eigenvalue weighted by Crippen LogP contribution is 2.20. The van der Waals surface area contributed by atoms with E-state index in [2.05, 4.69) is 10.3 Å². The van der Waals surface area contributed by atoms with Crippen LogP contribution in [0.5, 0.6) is 5.75 Å². The molecule has 0 bridgehead atoms. The first kappa shape index (κ1) is 18.2. The lowest BCUT2D eigenvalue weighted by atomic mass is 10.2. The molecule has 3 rings (SSSR count). The number of nitrogens with zero attached hydrogens (tertiary/aromatic N) is 2. The van der Waals surface area contributed by atoms with Crippen LogP contribution in [-0.4, -0.2) is 39.7 Å². The number of benzene rings is 1. The van der Waals surface area contributed by atoms with Crippen molar-refractivity contribution in [2.45, 2.75) is 6.92 Å². The molecule has 0 atom stereocenters. The predicted octanol–water partition coefficient (Wildman–Crippen LogP) is 1.34. The van der Waals surface area contributed by atoms with E-state index in [4.69, 9.17) is 14.3 Å². The zero-order valence-electron chi connectivity index (χ0n) is 14.7. The van der Waals surface area contributed by atoms with Gasteiger partial charge in [-0.05, 0) is 31.2 Å². The van der Waals surface area contributed by atoms with E-state index < -0.39 is 11.9 Å². The summed E-state index contributed by atoms with van der Waals surface area (Å²) >= 11 is 0. The number of rotatable bonds is 6. The smallest absolute Gasteiger partial charge is 0.335 e. The summed E-state index contributed by atoms with van der Waals surface area (Å²) in [7, 11) is 1.54. The van der Waals surface area contributed by atoms with Gasteiger partial charge in [0, 0.05) is 7.05 Å². The number of aromatic carboxylic acids is 1. The number of nitrogens with one attached hydrogen (secondary N) is 1. The molecule has 2 heterocycles. The third-order valence-corrected chi connectivity index (χ3v) is 3.93. The molecule has 3 aromatic rings. The molecule has 140 valence electrons. The first-order valence-electron chi connectivity index (χ1n) is 8.07. The van der Waals surface area contributed by atoms with Gasteiger partial charge in [0.05, 0.1) is 17.7 Å². The molecule has 2 aromatic heterocycles. The van der Waals surface area contributed by atoms with Crippen LogP contribution < -0.4 is 15.6 Å². The molecule has 0 aliphatic rings. The van der Waals surface area contributed by atoms with Crippen LogP contribution in [0.15, 0.2) is 39.8 Å². The van der Waals surface area contributed by atoms with E-state index in [1.807, 2.05) is 0 Å². The second kappa shape index (κ2) is 7.32. The fourth-order valence-electron chi connectivity index (χ4n) is 2.58. The summed E-state index contributed by atoms with van der Waals surface area (Å²) in [5.41, 5.74) is 0.0740. The number of hydrogen-bond donors (Lipinski definition) is 2. The number of aryl methyl sites for hydroxylation is 2. The SMILES string of the molecule is Cc1oc2ncn(C)c(=O)c2c1C(=O)NCCOc1ccc(C(=O)O)cc1. The van der Waals surface area contributed by atoms with Gasteiger partial charge >= 0.3 is 5.97 Å². The van der Waals surface area contributed by atoms with Gasteiger partial charge in [0.15, 0.2) is 0 Å². The van der Waals surface area contributed by atoms with Crippen molar-refractivity contribution >= 4 is 23.0 Å². The van der Waals surface area contributed by atoms with Gasteiger partial charge in [0.25, 0.3) is 11.5 Å². The van der Waals surface area contributed by atoms with E-state index in [0.29, 0.717) is 11.5 Å². The van der Waals surface area contributed by atoms with E-state index >= 15 is 0 Å². The molecule has 0 aliphatic carbocycles. The summed E-state index contributed by atoms with van der Waals surface area (Å²) < 4.78 is 12.1. The number of carboxylic acids is 1. The number of fused-ring (bicyclic) bond motifs is 1. The lowest BCUT2D eigenvalue weighted by molar-refractivity contribution is 0.0696. The zero-order valence-corrected chi connectivity index (χ0v) is 14.7. The van der Waals surface area contributed by atoms with Gasteiger partial charge in [-0.3, -0.25) is 9.59 Å². The van der Waals surface area contributed by atoms with E-state index in [-0.39, 0.29) is 40.9 Å². The van der Waals surface area contributed by atoms with Crippen molar-refractivity contribution in [3.63, 3.8) is 0 Å². The van der Waals surface area contributed by atoms with E-state index in [1.165, 1.54) is 35.2 Å². The quantitative estimate of drug-likeness (QED) is 0.627. The van der Waals surface area contributed by atoms with Crippen LogP contribution in [0.2, 0.25) is 0 Å². The molecule has 0 fully saturated rings. The third kappa shape index (κ3) is 3.66. The molecule has 0 radical (unpaired) electrons. The number of hydrogen-bond acceptors (Lipinski definition) is 6. The Morgan fingerprint density at radius 3 is 2.67 bits per heavy atom. The summed E-state index contributed by atoms with van der Waals surface area (Å²) in [5, 5.41) is 11.7. The Kier molecular flexibility index (Phi) is 4.93. The van der Waals surface area contributed by atoms with Crippen molar-refractivity contribution in [1.29, 1.82) is 0 Å². The number of carboxylic acid groups (broad SMARTS) is 1. The molecule has 0 saturated carbocycles. The minimum atomic E-state index is -1.02. The van der Waals surface area contributed by atoms with Gasteiger partial charge in [0.2, 0.25) is 5.71 Å². The van der Waals surface area contributed by atoms with Gasteiger partial charge in [-0.25, -0.2) is 9.78 Å². The first-order chi connectivity index (χ1) is 12.9. The van der Waals surface area contributed by atoms with Gasteiger partial charge in [-0.2, -0.15) is 0 Å². The van der Waals surface area contributed by atoms with Crippen LogP contribution in [0, 0.1) is 6.92 Å². The maximum Gasteiger partial charge on any atom is 0.335 e. The second-order valence-electron chi connectivity index (χ2n) is 5.81. The third-order valence-electron chi connectivity index (χ3n) is 3.93. The molecule has 27 heavy (non-hydrogen) atoms. The molecule has 0 unspecified atom stereocenters. The largest absolute Gasteiger partial charge is 0.492 e. The van der Waals surface area contributed by atoms with Crippen LogP contribution in [0.4, 0.5) is 0 Å². The lowest BCUT2D eigenvalue weighted by Crippen LogP contribution is -2.29. The van der Waals surface area contributed by atoms with Crippen molar-refractivity contribution < 1.29 is 23.8 Å². The number of ether oxygens (including phenoxy) is 1. The maximum absolute atomic E-state index is 12.5. The standard InChI is InChI=1S/C18H17N3O6/c1-10-13(14-16(27-10)20-9-21(2)17(14)23)15(22)19-7-8-26-12-5-3-11(4-6-12)18(24)25/h3-6,9H,7-8H2,1-2H3,(H,19,22)(H,24,25). The fraction of sp³-hybridized carbons (Fsp3) is 0.222. The highest BCUT2D eigenvalue weighted by Gasteiger charge is 2.22. The van der Waals surface area contributed by atoms with Crippen molar-refractivity contribution in [3.8, 4) is 5.75 Å². The van der Waals surface area contributed by atoms with E-state index in [9.17, 15) is 14.4 Å². The molecule has 0 saturated heterocycles. The Labute approximate surface area is 153 Å². The molecule has 2 N–H and O–H groups in total. The Morgan fingerprint density at radius 1 is 1.30 bits per heavy atom. The van der Waals surface area contributed by atoms with Crippen molar-refractivity contribution in [1.82, 2.24) is 14.9 Å². The summed E-state index contributed by atoms with van der Waals surface area (Å²) in [4.78, 5) is 39.6. The number of furan rings is 1. The van der Waals surface area contributed by atoms with Crippen molar-refractivity contribution in [2.24, 2.45) is 7.05 Å². The summed E-state index contributed by atoms with van der Waals surface area (Å²) in [6.45, 7) is 1.95. The van der Waals surface area contributed by atoms with Crippen LogP contribution >= 0.6 is 0 Å². The zero-order chi connectivity index (χ0) is 19.6. The summed E-state index contributed by atoms with van der Waals surface area (Å²) in [6, 6.07) is 5.93. The normalized spacial score (nSPS) is 10.7. The van der Waals surface area contributed by atoms with Crippen LogP contribution in [-0.2, 0) is 7.05 Å². The van der Waals surface area contributed by atoms with E-state index in [0.717, 1.165) is 0 Å². The topological polar surface area (TPSA) is 124 Å². The summed E-state index contributed by atoms with van der Waals surface area (Å²) in [6.07, 6.45) is 1.33. The molecule has 1 amide bonds. The van der Waals surface area contributed by atoms with E-state index in [1.54, 1.807) is 14.0 Å². The molecular formula is C18H17N3O6. The molecule has 9 heteroatoms. The van der Waals surface area contributed by atoms with Gasteiger partial charge in [0.1, 0.15) is 29.8 Å². The molecule has 1 aromatic carbocycles. The molecule has 9 nitrogen and oxygen atoms in total. The van der Waals surface area contributed by atoms with Crippen LogP contribution in [0.3, 0.4) is 0 Å². The molecular weight excluding hydrogens is 354 g/mol. The van der Waals surface area contributed by atoms with Crippen molar-refractivity contribution in [2.75, 3.05) is 13.2 Å². The molecule has 0 spiro atoms. The number of aromatic nitrogens is 2. The van der Waals surface area contributed by atoms with Gasteiger partial charge < -0.3 is 24.1 Å². The first-order valence-corrected chi connectivity index (χ1v) is 8.07. The Bertz CT molecular complexity index is 1070. The average Bonchev–Trinajstić information content (AvgIpc) is 2.99. The highest BCUT2D eigenvalue weighted by atomic mass is 16.5. The van der Waals surface area contributed by atoms with Crippen LogP contribution in [0.25, 0.3) is 11.1 Å². The lowest BCUT2D eigenvalue weighted by Gasteiger charge is -2.08. The second-order valence-corrected chi connectivity index (χ2v) is 5.81. The number of amides is 1. The predicted molar refractivity (Wildman–Crippen MR) is 95.2 cm³/mol. The Balaban J connectivity index is 1.64. The van der Waals surface area contributed by atoms with Crippen molar-refractivity contribution in [3.05, 3.63) is 57.8 Å². The minimum absolute atomic E-state index is 0.121.